The molecule has 2 atom stereocenters. The molecule has 0 aromatic heterocycles. The van der Waals surface area contributed by atoms with E-state index in [2.05, 4.69) is 0 Å². The largest absolute Gasteiger partial charge is 0.598 e. The first-order chi connectivity index (χ1) is 5.59. The van der Waals surface area contributed by atoms with Crippen molar-refractivity contribution in [3.8, 4) is 0 Å². The Morgan fingerprint density at radius 1 is 1.67 bits per heavy atom. The highest BCUT2D eigenvalue weighted by Crippen LogP contribution is 2.33. The highest BCUT2D eigenvalue weighted by Gasteiger charge is 2.25. The summed E-state index contributed by atoms with van der Waals surface area (Å²) in [6.07, 6.45) is 5.46. The van der Waals surface area contributed by atoms with Crippen LogP contribution in [0, 0.1) is 5.92 Å². The minimum absolute atomic E-state index is 0.200. The average molecular weight is 190 g/mol. The molecule has 3 nitrogen and oxygen atoms in total. The zero-order valence-electron chi connectivity index (χ0n) is 7.82. The van der Waals surface area contributed by atoms with Crippen LogP contribution in [0.2, 0.25) is 0 Å². The second-order valence-corrected chi connectivity index (χ2v) is 5.14. The van der Waals surface area contributed by atoms with Gasteiger partial charge in [-0.2, -0.15) is 0 Å². The van der Waals surface area contributed by atoms with Gasteiger partial charge in [0, 0.05) is 24.5 Å². The molecule has 72 valence electrons. The number of likely N-dealkylation sites (N-methyl/N-ethyl adjacent to an activating group) is 1. The number of nitrogens with zero attached hydrogens (tertiary/aromatic N) is 1. The van der Waals surface area contributed by atoms with E-state index in [0.29, 0.717) is 0 Å². The molecule has 0 spiro atoms. The number of hydrogen-bond donors (Lipinski definition) is 1. The van der Waals surface area contributed by atoms with E-state index < -0.39 is 11.4 Å². The Hall–Kier alpha value is 0.230. The molecule has 1 saturated carbocycles. The van der Waals surface area contributed by atoms with Crippen molar-refractivity contribution in [3.05, 3.63) is 0 Å². The standard InChI is InChI=1S/C8H18N2OS/c1-10(12(2)11)6-8(9)5-7-3-4-7/h7-8H,3-6,9H2,1-2H3. The van der Waals surface area contributed by atoms with E-state index in [-0.39, 0.29) is 6.04 Å². The third-order valence-corrected chi connectivity index (χ3v) is 3.29. The Morgan fingerprint density at radius 2 is 2.25 bits per heavy atom. The third-order valence-electron chi connectivity index (χ3n) is 2.26. The minimum Gasteiger partial charge on any atom is -0.598 e. The topological polar surface area (TPSA) is 52.3 Å². The van der Waals surface area contributed by atoms with Crippen molar-refractivity contribution in [1.29, 1.82) is 0 Å². The van der Waals surface area contributed by atoms with Gasteiger partial charge in [0.1, 0.15) is 6.26 Å². The lowest BCUT2D eigenvalue weighted by molar-refractivity contribution is 0.417. The molecular formula is C8H18N2OS. The molecule has 0 radical (unpaired) electrons. The lowest BCUT2D eigenvalue weighted by atomic mass is 10.1. The minimum atomic E-state index is -0.872. The van der Waals surface area contributed by atoms with E-state index in [1.807, 2.05) is 7.05 Å². The van der Waals surface area contributed by atoms with E-state index >= 15 is 0 Å². The Kier molecular flexibility index (Phi) is 3.83. The van der Waals surface area contributed by atoms with Gasteiger partial charge in [-0.15, -0.1) is 4.31 Å². The summed E-state index contributed by atoms with van der Waals surface area (Å²) in [6.45, 7) is 0.750. The zero-order valence-corrected chi connectivity index (χ0v) is 8.64. The molecule has 1 fully saturated rings. The van der Waals surface area contributed by atoms with Crippen molar-refractivity contribution in [2.24, 2.45) is 11.7 Å². The summed E-state index contributed by atoms with van der Waals surface area (Å²) in [7, 11) is 1.85. The van der Waals surface area contributed by atoms with E-state index in [9.17, 15) is 4.55 Å². The van der Waals surface area contributed by atoms with Crippen molar-refractivity contribution in [1.82, 2.24) is 4.31 Å². The molecular weight excluding hydrogens is 172 g/mol. The lowest BCUT2D eigenvalue weighted by Crippen LogP contribution is -2.38. The number of nitrogens with two attached hydrogens (primary N) is 1. The number of hydrogen-bond acceptors (Lipinski definition) is 3. The first-order valence-corrected chi connectivity index (χ1v) is 5.91. The third kappa shape index (κ3) is 3.76. The van der Waals surface area contributed by atoms with Crippen LogP contribution < -0.4 is 5.73 Å². The van der Waals surface area contributed by atoms with Crippen LogP contribution in [0.25, 0.3) is 0 Å². The van der Waals surface area contributed by atoms with E-state index in [1.165, 1.54) is 12.8 Å². The van der Waals surface area contributed by atoms with E-state index in [1.54, 1.807) is 10.6 Å². The van der Waals surface area contributed by atoms with Crippen LogP contribution in [0.5, 0.6) is 0 Å². The van der Waals surface area contributed by atoms with Crippen LogP contribution in [0.3, 0.4) is 0 Å². The van der Waals surface area contributed by atoms with Crippen molar-refractivity contribution in [2.75, 3.05) is 19.8 Å². The van der Waals surface area contributed by atoms with Crippen LogP contribution in [0.15, 0.2) is 0 Å². The van der Waals surface area contributed by atoms with Gasteiger partial charge in [-0.25, -0.2) is 0 Å². The fourth-order valence-corrected chi connectivity index (χ4v) is 1.69. The van der Waals surface area contributed by atoms with Gasteiger partial charge in [-0.1, -0.05) is 12.8 Å². The van der Waals surface area contributed by atoms with E-state index in [4.69, 9.17) is 5.73 Å². The molecule has 0 aromatic rings. The summed E-state index contributed by atoms with van der Waals surface area (Å²) in [4.78, 5) is 0. The molecule has 0 heterocycles. The summed E-state index contributed by atoms with van der Waals surface area (Å²) in [5, 5.41) is 0. The molecule has 1 aliphatic rings. The van der Waals surface area contributed by atoms with Crippen LogP contribution in [-0.4, -0.2) is 34.7 Å². The molecule has 0 saturated heterocycles. The maximum absolute atomic E-state index is 11.0. The zero-order chi connectivity index (χ0) is 9.14. The lowest BCUT2D eigenvalue weighted by Gasteiger charge is -2.20. The van der Waals surface area contributed by atoms with Gasteiger partial charge in [0.05, 0.1) is 6.54 Å². The first-order valence-electron chi connectivity index (χ1n) is 4.40. The van der Waals surface area contributed by atoms with Crippen LogP contribution >= 0.6 is 0 Å². The molecule has 0 aromatic carbocycles. The highest BCUT2D eigenvalue weighted by atomic mass is 32.2. The second kappa shape index (κ2) is 4.46. The average Bonchev–Trinajstić information content (AvgIpc) is 2.71. The Morgan fingerprint density at radius 3 is 2.67 bits per heavy atom. The molecule has 0 amide bonds. The van der Waals surface area contributed by atoms with Gasteiger partial charge in [0.15, 0.2) is 0 Å². The van der Waals surface area contributed by atoms with Gasteiger partial charge >= 0.3 is 0 Å². The van der Waals surface area contributed by atoms with Gasteiger partial charge in [-0.05, 0) is 12.3 Å². The van der Waals surface area contributed by atoms with Crippen LogP contribution in [-0.2, 0) is 11.4 Å². The predicted molar refractivity (Wildman–Crippen MR) is 52.0 cm³/mol. The summed E-state index contributed by atoms with van der Waals surface area (Å²) < 4.78 is 12.8. The van der Waals surface area contributed by atoms with Crippen molar-refractivity contribution < 1.29 is 4.55 Å². The summed E-state index contributed by atoms with van der Waals surface area (Å²) in [5.74, 6) is 0.860. The van der Waals surface area contributed by atoms with Crippen molar-refractivity contribution in [3.63, 3.8) is 0 Å². The Labute approximate surface area is 77.6 Å². The molecule has 1 aliphatic carbocycles. The molecule has 0 bridgehead atoms. The van der Waals surface area contributed by atoms with Crippen molar-refractivity contribution >= 4 is 11.4 Å². The fourth-order valence-electron chi connectivity index (χ4n) is 1.29. The SMILES string of the molecule is CN(CC(N)CC1CC1)[S+](C)[O-]. The van der Waals surface area contributed by atoms with Crippen molar-refractivity contribution in [2.45, 2.75) is 25.3 Å². The fraction of sp³-hybridized carbons (Fsp3) is 1.00. The van der Waals surface area contributed by atoms with Gasteiger partial charge in [0.25, 0.3) is 0 Å². The normalized spacial score (nSPS) is 22.8. The molecule has 2 unspecified atom stereocenters. The maximum atomic E-state index is 11.0. The molecule has 0 aliphatic heterocycles. The predicted octanol–water partition coefficient (Wildman–Crippen LogP) is 0.339. The Balaban J connectivity index is 2.10. The first kappa shape index (κ1) is 10.3. The molecule has 12 heavy (non-hydrogen) atoms. The van der Waals surface area contributed by atoms with Gasteiger partial charge < -0.3 is 10.3 Å². The highest BCUT2D eigenvalue weighted by molar-refractivity contribution is 7.88. The monoisotopic (exact) mass is 190 g/mol. The van der Waals surface area contributed by atoms with Gasteiger partial charge in [0.2, 0.25) is 0 Å². The molecule has 2 N–H and O–H groups in total. The van der Waals surface area contributed by atoms with Crippen LogP contribution in [0.1, 0.15) is 19.3 Å². The Bertz CT molecular complexity index is 139. The summed E-state index contributed by atoms with van der Waals surface area (Å²) >= 11 is -0.872. The van der Waals surface area contributed by atoms with E-state index in [0.717, 1.165) is 18.9 Å². The maximum Gasteiger partial charge on any atom is 0.115 e. The number of rotatable bonds is 5. The van der Waals surface area contributed by atoms with Crippen LogP contribution in [0.4, 0.5) is 0 Å². The van der Waals surface area contributed by atoms with Gasteiger partial charge in [-0.3, -0.25) is 0 Å². The smallest absolute Gasteiger partial charge is 0.115 e. The quantitative estimate of drug-likeness (QED) is 0.636. The molecule has 1 rings (SSSR count). The molecule has 4 heteroatoms. The summed E-state index contributed by atoms with van der Waals surface area (Å²) in [5.41, 5.74) is 5.88. The summed E-state index contributed by atoms with van der Waals surface area (Å²) in [6, 6.07) is 0.200. The second-order valence-electron chi connectivity index (χ2n) is 3.67.